The van der Waals surface area contributed by atoms with E-state index in [2.05, 4.69) is 10.6 Å². The first-order valence-electron chi connectivity index (χ1n) is 7.51. The van der Waals surface area contributed by atoms with Gasteiger partial charge in [0.1, 0.15) is 11.6 Å². The van der Waals surface area contributed by atoms with Crippen LogP contribution in [0.15, 0.2) is 18.2 Å². The molecule has 0 spiro atoms. The molecule has 21 heavy (non-hydrogen) atoms. The van der Waals surface area contributed by atoms with Crippen molar-refractivity contribution in [2.75, 3.05) is 13.1 Å². The predicted molar refractivity (Wildman–Crippen MR) is 77.7 cm³/mol. The molecule has 0 aliphatic carbocycles. The first-order valence-corrected chi connectivity index (χ1v) is 7.51. The third-order valence-corrected chi connectivity index (χ3v) is 3.98. The Balaban J connectivity index is 1.82. The fourth-order valence-electron chi connectivity index (χ4n) is 2.74. The highest BCUT2D eigenvalue weighted by Crippen LogP contribution is 2.19. The fraction of sp³-hybridized carbons (Fsp3) is 0.562. The number of carbonyl (C=O) groups is 1. The Hall–Kier alpha value is -1.49. The van der Waals surface area contributed by atoms with E-state index in [1.54, 1.807) is 6.92 Å². The van der Waals surface area contributed by atoms with E-state index in [4.69, 9.17) is 0 Å². The molecule has 1 aromatic rings. The zero-order valence-corrected chi connectivity index (χ0v) is 12.3. The van der Waals surface area contributed by atoms with Crippen molar-refractivity contribution >= 4 is 5.91 Å². The van der Waals surface area contributed by atoms with E-state index in [0.29, 0.717) is 12.3 Å². The minimum absolute atomic E-state index is 0.114. The molecule has 1 saturated heterocycles. The molecule has 2 atom stereocenters. The zero-order chi connectivity index (χ0) is 15.2. The quantitative estimate of drug-likeness (QED) is 0.877. The third kappa shape index (κ3) is 4.77. The smallest absolute Gasteiger partial charge is 0.220 e. The molecular formula is C16H22F2N2O. The van der Waals surface area contributed by atoms with Gasteiger partial charge in [0, 0.05) is 12.0 Å². The summed E-state index contributed by atoms with van der Waals surface area (Å²) in [4.78, 5) is 11.9. The molecule has 2 N–H and O–H groups in total. The molecular weight excluding hydrogens is 274 g/mol. The minimum Gasteiger partial charge on any atom is -0.349 e. The summed E-state index contributed by atoms with van der Waals surface area (Å²) in [5.74, 6) is -0.580. The van der Waals surface area contributed by atoms with Crippen LogP contribution in [0.1, 0.15) is 44.2 Å². The van der Waals surface area contributed by atoms with E-state index < -0.39 is 17.7 Å². The van der Waals surface area contributed by atoms with Crippen LogP contribution in [0.3, 0.4) is 0 Å². The van der Waals surface area contributed by atoms with Crippen LogP contribution in [-0.2, 0) is 4.79 Å². The Morgan fingerprint density at radius 3 is 3.00 bits per heavy atom. The number of halogens is 2. The van der Waals surface area contributed by atoms with Gasteiger partial charge in [0.25, 0.3) is 0 Å². The van der Waals surface area contributed by atoms with Crippen LogP contribution < -0.4 is 10.6 Å². The van der Waals surface area contributed by atoms with Crippen LogP contribution in [0.25, 0.3) is 0 Å². The van der Waals surface area contributed by atoms with Gasteiger partial charge < -0.3 is 10.6 Å². The fourth-order valence-corrected chi connectivity index (χ4v) is 2.74. The van der Waals surface area contributed by atoms with Gasteiger partial charge >= 0.3 is 0 Å². The van der Waals surface area contributed by atoms with Gasteiger partial charge in [-0.3, -0.25) is 4.79 Å². The number of benzene rings is 1. The molecule has 1 heterocycles. The lowest BCUT2D eigenvalue weighted by Crippen LogP contribution is -2.32. The van der Waals surface area contributed by atoms with Gasteiger partial charge in [0.15, 0.2) is 0 Å². The van der Waals surface area contributed by atoms with E-state index in [0.717, 1.165) is 50.6 Å². The summed E-state index contributed by atoms with van der Waals surface area (Å²) in [6.07, 6.45) is 3.55. The van der Waals surface area contributed by atoms with Crippen molar-refractivity contribution in [1.29, 1.82) is 0 Å². The molecule has 5 heteroatoms. The number of hydrogen-bond donors (Lipinski definition) is 2. The molecule has 1 aliphatic heterocycles. The van der Waals surface area contributed by atoms with Gasteiger partial charge in [-0.1, -0.05) is 0 Å². The SMILES string of the molecule is CC(NC(=O)CCC1CCCNC1)c1cc(F)ccc1F. The largest absolute Gasteiger partial charge is 0.349 e. The van der Waals surface area contributed by atoms with E-state index in [1.165, 1.54) is 0 Å². The Bertz CT molecular complexity index is 487. The second-order valence-corrected chi connectivity index (χ2v) is 5.71. The van der Waals surface area contributed by atoms with Crippen molar-refractivity contribution in [1.82, 2.24) is 10.6 Å². The van der Waals surface area contributed by atoms with Crippen LogP contribution in [0.2, 0.25) is 0 Å². The standard InChI is InChI=1S/C16H22F2N2O/c1-11(14-9-13(17)5-6-15(14)18)20-16(21)7-4-12-3-2-8-19-10-12/h5-6,9,11-12,19H,2-4,7-8,10H2,1H3,(H,20,21). The molecule has 0 bridgehead atoms. The lowest BCUT2D eigenvalue weighted by molar-refractivity contribution is -0.122. The monoisotopic (exact) mass is 296 g/mol. The Morgan fingerprint density at radius 2 is 2.29 bits per heavy atom. The average Bonchev–Trinajstić information content (AvgIpc) is 2.48. The number of rotatable bonds is 5. The topological polar surface area (TPSA) is 41.1 Å². The molecule has 2 unspecified atom stereocenters. The van der Waals surface area contributed by atoms with Crippen molar-refractivity contribution in [3.63, 3.8) is 0 Å². The van der Waals surface area contributed by atoms with Crippen LogP contribution >= 0.6 is 0 Å². The van der Waals surface area contributed by atoms with Crippen LogP contribution in [0.5, 0.6) is 0 Å². The number of carbonyl (C=O) groups excluding carboxylic acids is 1. The molecule has 3 nitrogen and oxygen atoms in total. The summed E-state index contributed by atoms with van der Waals surface area (Å²) in [5, 5.41) is 6.05. The Labute approximate surface area is 124 Å². The van der Waals surface area contributed by atoms with Gasteiger partial charge in [-0.25, -0.2) is 8.78 Å². The van der Waals surface area contributed by atoms with E-state index in [-0.39, 0.29) is 11.5 Å². The maximum absolute atomic E-state index is 13.6. The number of piperidine rings is 1. The highest BCUT2D eigenvalue weighted by molar-refractivity contribution is 5.76. The van der Waals surface area contributed by atoms with Gasteiger partial charge in [0.2, 0.25) is 5.91 Å². The van der Waals surface area contributed by atoms with Crippen LogP contribution in [0.4, 0.5) is 8.78 Å². The van der Waals surface area contributed by atoms with Gasteiger partial charge in [-0.05, 0) is 63.4 Å². The lowest BCUT2D eigenvalue weighted by atomic mass is 9.94. The summed E-state index contributed by atoms with van der Waals surface area (Å²) in [6, 6.07) is 2.76. The minimum atomic E-state index is -0.530. The molecule has 0 saturated carbocycles. The van der Waals surface area contributed by atoms with Crippen molar-refractivity contribution in [2.45, 2.75) is 38.6 Å². The van der Waals surface area contributed by atoms with Crippen molar-refractivity contribution in [3.8, 4) is 0 Å². The molecule has 1 amide bonds. The second-order valence-electron chi connectivity index (χ2n) is 5.71. The summed E-state index contributed by atoms with van der Waals surface area (Å²) >= 11 is 0. The molecule has 1 fully saturated rings. The molecule has 0 radical (unpaired) electrons. The van der Waals surface area contributed by atoms with E-state index in [9.17, 15) is 13.6 Å². The Kier molecular flexibility index (Phi) is 5.67. The van der Waals surface area contributed by atoms with Gasteiger partial charge in [-0.2, -0.15) is 0 Å². The van der Waals surface area contributed by atoms with Crippen molar-refractivity contribution < 1.29 is 13.6 Å². The molecule has 2 rings (SSSR count). The van der Waals surface area contributed by atoms with Crippen LogP contribution in [0, 0.1) is 17.6 Å². The first kappa shape index (κ1) is 15.9. The summed E-state index contributed by atoms with van der Waals surface area (Å²) in [7, 11) is 0. The zero-order valence-electron chi connectivity index (χ0n) is 12.3. The predicted octanol–water partition coefficient (Wildman–Crippen LogP) is 2.92. The maximum atomic E-state index is 13.6. The van der Waals surface area contributed by atoms with E-state index >= 15 is 0 Å². The highest BCUT2D eigenvalue weighted by atomic mass is 19.1. The van der Waals surface area contributed by atoms with E-state index in [1.807, 2.05) is 0 Å². The summed E-state index contributed by atoms with van der Waals surface area (Å²) < 4.78 is 26.8. The Morgan fingerprint density at radius 1 is 1.48 bits per heavy atom. The third-order valence-electron chi connectivity index (χ3n) is 3.98. The molecule has 1 aromatic carbocycles. The van der Waals surface area contributed by atoms with Crippen molar-refractivity contribution in [2.24, 2.45) is 5.92 Å². The van der Waals surface area contributed by atoms with Gasteiger partial charge in [-0.15, -0.1) is 0 Å². The molecule has 1 aliphatic rings. The first-order chi connectivity index (χ1) is 10.1. The normalized spacial score (nSPS) is 20.0. The molecule has 116 valence electrons. The van der Waals surface area contributed by atoms with Crippen molar-refractivity contribution in [3.05, 3.63) is 35.4 Å². The average molecular weight is 296 g/mol. The number of amides is 1. The number of nitrogens with one attached hydrogen (secondary N) is 2. The molecule has 0 aromatic heterocycles. The van der Waals surface area contributed by atoms with Gasteiger partial charge in [0.05, 0.1) is 6.04 Å². The maximum Gasteiger partial charge on any atom is 0.220 e. The summed E-state index contributed by atoms with van der Waals surface area (Å²) in [6.45, 7) is 3.68. The summed E-state index contributed by atoms with van der Waals surface area (Å²) in [5.41, 5.74) is 0.183. The second kappa shape index (κ2) is 7.50. The highest BCUT2D eigenvalue weighted by Gasteiger charge is 2.17. The number of hydrogen-bond acceptors (Lipinski definition) is 2. The van der Waals surface area contributed by atoms with Crippen LogP contribution in [-0.4, -0.2) is 19.0 Å². The lowest BCUT2D eigenvalue weighted by Gasteiger charge is -2.22.